The predicted octanol–water partition coefficient (Wildman–Crippen LogP) is 5.66. The van der Waals surface area contributed by atoms with Gasteiger partial charge in [-0.3, -0.25) is 9.20 Å². The first kappa shape index (κ1) is 22.0. The molecule has 0 fully saturated rings. The van der Waals surface area contributed by atoms with Crippen LogP contribution >= 0.6 is 23.5 Å². The van der Waals surface area contributed by atoms with E-state index in [0.717, 1.165) is 21.0 Å². The Morgan fingerprint density at radius 3 is 2.72 bits per heavy atom. The topological polar surface area (TPSA) is 75.5 Å². The van der Waals surface area contributed by atoms with E-state index in [2.05, 4.69) is 15.6 Å². The van der Waals surface area contributed by atoms with Crippen LogP contribution in [0, 0.1) is 6.92 Å². The Hall–Kier alpha value is -3.23. The van der Waals surface area contributed by atoms with Crippen LogP contribution in [0.4, 0.5) is 16.2 Å². The Bertz CT molecular complexity index is 1340. The summed E-state index contributed by atoms with van der Waals surface area (Å²) in [6.45, 7) is 1.97. The molecule has 2 heterocycles. The van der Waals surface area contributed by atoms with Gasteiger partial charge in [0, 0.05) is 33.5 Å². The summed E-state index contributed by atoms with van der Waals surface area (Å²) in [5.74, 6) is 0.510. The molecule has 0 aliphatic rings. The number of thioether (sulfide) groups is 2. The van der Waals surface area contributed by atoms with Crippen molar-refractivity contribution < 1.29 is 4.79 Å². The molecule has 4 aromatic rings. The summed E-state index contributed by atoms with van der Waals surface area (Å²) < 4.78 is 1.53. The molecule has 0 saturated heterocycles. The minimum absolute atomic E-state index is 0.108. The van der Waals surface area contributed by atoms with Crippen molar-refractivity contribution in [2.45, 2.75) is 22.5 Å². The molecule has 2 aromatic carbocycles. The average molecular weight is 463 g/mol. The number of urea groups is 1. The van der Waals surface area contributed by atoms with Gasteiger partial charge in [0.15, 0.2) is 0 Å². The molecule has 2 aromatic heterocycles. The summed E-state index contributed by atoms with van der Waals surface area (Å²) in [6.07, 6.45) is 3.73. The lowest BCUT2D eigenvalue weighted by Crippen LogP contribution is -2.19. The first-order valence-electron chi connectivity index (χ1n) is 9.95. The molecule has 4 rings (SSSR count). The van der Waals surface area contributed by atoms with Gasteiger partial charge in [-0.15, -0.1) is 23.5 Å². The molecule has 0 aliphatic heterocycles. The molecule has 0 atom stereocenters. The monoisotopic (exact) mass is 462 g/mol. The smallest absolute Gasteiger partial charge is 0.308 e. The summed E-state index contributed by atoms with van der Waals surface area (Å²) in [5.41, 5.74) is 3.69. The quantitative estimate of drug-likeness (QED) is 0.362. The first-order valence-corrected chi connectivity index (χ1v) is 12.2. The van der Waals surface area contributed by atoms with Gasteiger partial charge in [-0.2, -0.15) is 0 Å². The molecule has 0 radical (unpaired) electrons. The molecule has 2 N–H and O–H groups in total. The summed E-state index contributed by atoms with van der Waals surface area (Å²) in [5, 5.41) is 5.79. The lowest BCUT2D eigenvalue weighted by Gasteiger charge is -2.12. The minimum atomic E-state index is -0.311. The van der Waals surface area contributed by atoms with E-state index >= 15 is 0 Å². The number of anilines is 2. The zero-order valence-corrected chi connectivity index (χ0v) is 19.3. The van der Waals surface area contributed by atoms with Crippen LogP contribution in [0.1, 0.15) is 11.3 Å². The van der Waals surface area contributed by atoms with E-state index in [4.69, 9.17) is 0 Å². The second-order valence-electron chi connectivity index (χ2n) is 7.11. The van der Waals surface area contributed by atoms with Gasteiger partial charge in [0.25, 0.3) is 5.56 Å². The van der Waals surface area contributed by atoms with E-state index in [1.807, 2.05) is 73.8 Å². The van der Waals surface area contributed by atoms with Gasteiger partial charge in [-0.25, -0.2) is 9.78 Å². The summed E-state index contributed by atoms with van der Waals surface area (Å²) >= 11 is 3.14. The molecule has 8 heteroatoms. The highest BCUT2D eigenvalue weighted by Gasteiger charge is 2.10. The largest absolute Gasteiger partial charge is 0.323 e. The molecular weight excluding hydrogens is 440 g/mol. The van der Waals surface area contributed by atoms with Crippen LogP contribution in [0.15, 0.2) is 87.5 Å². The van der Waals surface area contributed by atoms with Crippen molar-refractivity contribution >= 4 is 46.6 Å². The zero-order chi connectivity index (χ0) is 22.5. The third-order valence-electron chi connectivity index (χ3n) is 4.71. The molecule has 6 nitrogen and oxygen atoms in total. The maximum Gasteiger partial charge on any atom is 0.323 e. The Morgan fingerprint density at radius 1 is 1.03 bits per heavy atom. The fraction of sp³-hybridized carbons (Fsp3) is 0.125. The van der Waals surface area contributed by atoms with Crippen molar-refractivity contribution in [3.8, 4) is 0 Å². The van der Waals surface area contributed by atoms with Crippen LogP contribution in [0.5, 0.6) is 0 Å². The molecule has 0 aliphatic carbocycles. The van der Waals surface area contributed by atoms with E-state index in [9.17, 15) is 9.59 Å². The maximum atomic E-state index is 12.5. The molecule has 0 unspecified atom stereocenters. The second kappa shape index (κ2) is 9.93. The van der Waals surface area contributed by atoms with Crippen molar-refractivity contribution in [2.75, 3.05) is 16.9 Å². The van der Waals surface area contributed by atoms with E-state index in [-0.39, 0.29) is 11.6 Å². The van der Waals surface area contributed by atoms with E-state index in [0.29, 0.717) is 22.8 Å². The van der Waals surface area contributed by atoms with Crippen molar-refractivity contribution in [1.82, 2.24) is 9.38 Å². The van der Waals surface area contributed by atoms with Gasteiger partial charge in [-0.1, -0.05) is 18.2 Å². The summed E-state index contributed by atoms with van der Waals surface area (Å²) in [6, 6.07) is 20.3. The van der Waals surface area contributed by atoms with Crippen LogP contribution in [0.25, 0.3) is 5.65 Å². The Labute approximate surface area is 194 Å². The van der Waals surface area contributed by atoms with E-state index in [1.165, 1.54) is 16.2 Å². The highest BCUT2D eigenvalue weighted by Crippen LogP contribution is 2.29. The number of nitrogens with one attached hydrogen (secondary N) is 2. The number of para-hydroxylation sites is 1. The number of hydrogen-bond acceptors (Lipinski definition) is 5. The Kier molecular flexibility index (Phi) is 6.82. The molecule has 0 saturated carbocycles. The number of fused-ring (bicyclic) bond motifs is 1. The minimum Gasteiger partial charge on any atom is -0.308 e. The number of nitrogens with zero attached hydrogens (tertiary/aromatic N) is 2. The van der Waals surface area contributed by atoms with Gasteiger partial charge >= 0.3 is 6.03 Å². The first-order chi connectivity index (χ1) is 15.5. The number of amides is 2. The maximum absolute atomic E-state index is 12.5. The lowest BCUT2D eigenvalue weighted by atomic mass is 10.3. The third-order valence-corrected chi connectivity index (χ3v) is 6.55. The number of hydrogen-bond donors (Lipinski definition) is 2. The number of carbonyl (C=O) groups is 1. The number of aryl methyl sites for hydroxylation is 1. The number of benzene rings is 2. The number of carbonyl (C=O) groups excluding carboxylic acids is 1. The van der Waals surface area contributed by atoms with Crippen molar-refractivity contribution in [2.24, 2.45) is 0 Å². The van der Waals surface area contributed by atoms with Gasteiger partial charge in [0.05, 0.1) is 11.4 Å². The third kappa shape index (κ3) is 5.33. The van der Waals surface area contributed by atoms with Crippen molar-refractivity contribution in [3.63, 3.8) is 0 Å². The summed E-state index contributed by atoms with van der Waals surface area (Å²) in [7, 11) is 0. The van der Waals surface area contributed by atoms with Crippen LogP contribution < -0.4 is 16.2 Å². The number of rotatable bonds is 6. The number of aromatic nitrogens is 2. The SMILES string of the molecule is CSc1cccc(NC(=O)Nc2ccccc2SCc2cc(=O)n3ccc(C)cc3n2)c1. The standard InChI is InChI=1S/C24H22N4O2S2/c1-16-10-11-28-22(12-16)25-18(14-23(28)29)15-32-21-9-4-3-8-20(21)27-24(30)26-17-6-5-7-19(13-17)31-2/h3-14H,15H2,1-2H3,(H2,26,27,30). The molecule has 32 heavy (non-hydrogen) atoms. The molecule has 162 valence electrons. The normalized spacial score (nSPS) is 10.8. The lowest BCUT2D eigenvalue weighted by molar-refractivity contribution is 0.262. The van der Waals surface area contributed by atoms with Gasteiger partial charge in [0.2, 0.25) is 0 Å². The average Bonchev–Trinajstić information content (AvgIpc) is 2.78. The highest BCUT2D eigenvalue weighted by molar-refractivity contribution is 7.98. The van der Waals surface area contributed by atoms with Crippen molar-refractivity contribution in [1.29, 1.82) is 0 Å². The fourth-order valence-electron chi connectivity index (χ4n) is 3.16. The van der Waals surface area contributed by atoms with Gasteiger partial charge in [0.1, 0.15) is 5.65 Å². The predicted molar refractivity (Wildman–Crippen MR) is 133 cm³/mol. The van der Waals surface area contributed by atoms with Gasteiger partial charge < -0.3 is 10.6 Å². The molecular formula is C24H22N4O2S2. The zero-order valence-electron chi connectivity index (χ0n) is 17.7. The second-order valence-corrected chi connectivity index (χ2v) is 9.01. The van der Waals surface area contributed by atoms with Crippen LogP contribution in [0.3, 0.4) is 0 Å². The molecule has 0 spiro atoms. The van der Waals surface area contributed by atoms with Crippen molar-refractivity contribution in [3.05, 3.63) is 94.5 Å². The Morgan fingerprint density at radius 2 is 1.88 bits per heavy atom. The van der Waals surface area contributed by atoms with Crippen LogP contribution in [0.2, 0.25) is 0 Å². The van der Waals surface area contributed by atoms with Gasteiger partial charge in [-0.05, 0) is 61.2 Å². The van der Waals surface area contributed by atoms with E-state index < -0.39 is 0 Å². The highest BCUT2D eigenvalue weighted by atomic mass is 32.2. The van der Waals surface area contributed by atoms with E-state index in [1.54, 1.807) is 24.0 Å². The fourth-order valence-corrected chi connectivity index (χ4v) is 4.52. The number of pyridine rings is 1. The molecule has 0 bridgehead atoms. The van der Waals surface area contributed by atoms with Crippen LogP contribution in [-0.2, 0) is 5.75 Å². The summed E-state index contributed by atoms with van der Waals surface area (Å²) in [4.78, 5) is 31.5. The molecule has 2 amide bonds. The Balaban J connectivity index is 1.47. The van der Waals surface area contributed by atoms with Crippen LogP contribution in [-0.4, -0.2) is 21.7 Å².